The third kappa shape index (κ3) is 3.15. The lowest BCUT2D eigenvalue weighted by Gasteiger charge is -2.38. The summed E-state index contributed by atoms with van der Waals surface area (Å²) in [5.41, 5.74) is 0.872. The summed E-state index contributed by atoms with van der Waals surface area (Å²) in [6, 6.07) is 6.68. The lowest BCUT2D eigenvalue weighted by molar-refractivity contribution is -0.0283. The van der Waals surface area contributed by atoms with Crippen LogP contribution in [0.25, 0.3) is 0 Å². The van der Waals surface area contributed by atoms with Crippen molar-refractivity contribution in [2.45, 2.75) is 44.8 Å². The van der Waals surface area contributed by atoms with E-state index >= 15 is 0 Å². The highest BCUT2D eigenvalue weighted by Gasteiger charge is 2.34. The van der Waals surface area contributed by atoms with Gasteiger partial charge in [0.05, 0.1) is 18.8 Å². The van der Waals surface area contributed by atoms with E-state index in [0.29, 0.717) is 19.1 Å². The Morgan fingerprint density at radius 2 is 1.96 bits per heavy atom. The van der Waals surface area contributed by atoms with Crippen LogP contribution in [0, 0.1) is 5.82 Å². The normalized spacial score (nSPS) is 20.4. The number of morpholine rings is 1. The monoisotopic (exact) mass is 330 g/mol. The van der Waals surface area contributed by atoms with Crippen LogP contribution in [0.1, 0.15) is 44.0 Å². The van der Waals surface area contributed by atoms with Gasteiger partial charge in [0.15, 0.2) is 0 Å². The summed E-state index contributed by atoms with van der Waals surface area (Å²) in [6.07, 6.45) is 2.35. The summed E-state index contributed by atoms with van der Waals surface area (Å²) in [5, 5.41) is 8.96. The number of halogens is 1. The summed E-state index contributed by atoms with van der Waals surface area (Å²) in [7, 11) is 0. The SMILES string of the molecule is CC1(C)CN(c2nnc(C3CC3)n2Cc2ccc(F)cc2)CCO1. The number of ether oxygens (including phenoxy) is 1. The van der Waals surface area contributed by atoms with Crippen LogP contribution in [0.2, 0.25) is 0 Å². The number of hydrogen-bond donors (Lipinski definition) is 0. The number of aromatic nitrogens is 3. The Bertz CT molecular complexity index is 721. The van der Waals surface area contributed by atoms with Crippen molar-refractivity contribution in [3.8, 4) is 0 Å². The lowest BCUT2D eigenvalue weighted by atomic mass is 10.1. The fraction of sp³-hybridized carbons (Fsp3) is 0.556. The van der Waals surface area contributed by atoms with Gasteiger partial charge in [-0.2, -0.15) is 0 Å². The maximum atomic E-state index is 13.2. The van der Waals surface area contributed by atoms with Crippen LogP contribution >= 0.6 is 0 Å². The van der Waals surface area contributed by atoms with Gasteiger partial charge in [0, 0.05) is 19.0 Å². The molecule has 2 heterocycles. The molecule has 4 rings (SSSR count). The zero-order valence-electron chi connectivity index (χ0n) is 14.2. The van der Waals surface area contributed by atoms with E-state index in [1.807, 2.05) is 12.1 Å². The Kier molecular flexibility index (Phi) is 3.79. The summed E-state index contributed by atoms with van der Waals surface area (Å²) in [5.74, 6) is 2.26. The van der Waals surface area contributed by atoms with E-state index in [0.717, 1.165) is 30.4 Å². The van der Waals surface area contributed by atoms with Crippen molar-refractivity contribution in [1.29, 1.82) is 0 Å². The van der Waals surface area contributed by atoms with Crippen LogP contribution in [-0.2, 0) is 11.3 Å². The Morgan fingerprint density at radius 1 is 1.21 bits per heavy atom. The van der Waals surface area contributed by atoms with Gasteiger partial charge in [-0.05, 0) is 44.4 Å². The quantitative estimate of drug-likeness (QED) is 0.864. The number of anilines is 1. The minimum Gasteiger partial charge on any atom is -0.372 e. The first-order chi connectivity index (χ1) is 11.5. The molecule has 0 unspecified atom stereocenters. The summed E-state index contributed by atoms with van der Waals surface area (Å²) in [4.78, 5) is 2.26. The molecule has 1 saturated carbocycles. The van der Waals surface area contributed by atoms with E-state index in [9.17, 15) is 4.39 Å². The van der Waals surface area contributed by atoms with Crippen molar-refractivity contribution >= 4 is 5.95 Å². The van der Waals surface area contributed by atoms with Gasteiger partial charge >= 0.3 is 0 Å². The smallest absolute Gasteiger partial charge is 0.227 e. The minimum absolute atomic E-state index is 0.190. The van der Waals surface area contributed by atoms with Crippen LogP contribution in [-0.4, -0.2) is 40.1 Å². The van der Waals surface area contributed by atoms with Crippen LogP contribution < -0.4 is 4.90 Å². The second-order valence-corrected chi connectivity index (χ2v) is 7.37. The highest BCUT2D eigenvalue weighted by molar-refractivity contribution is 5.35. The molecule has 2 aliphatic rings. The Labute approximate surface area is 141 Å². The molecule has 128 valence electrons. The summed E-state index contributed by atoms with van der Waals surface area (Å²) < 4.78 is 21.2. The van der Waals surface area contributed by atoms with E-state index < -0.39 is 0 Å². The minimum atomic E-state index is -0.208. The highest BCUT2D eigenvalue weighted by atomic mass is 19.1. The summed E-state index contributed by atoms with van der Waals surface area (Å²) in [6.45, 7) is 7.17. The third-order valence-corrected chi connectivity index (χ3v) is 4.66. The number of rotatable bonds is 4. The van der Waals surface area contributed by atoms with E-state index in [-0.39, 0.29) is 11.4 Å². The maximum Gasteiger partial charge on any atom is 0.227 e. The zero-order valence-corrected chi connectivity index (χ0v) is 14.2. The molecule has 0 radical (unpaired) electrons. The molecule has 0 amide bonds. The first-order valence-corrected chi connectivity index (χ1v) is 8.58. The van der Waals surface area contributed by atoms with E-state index in [1.165, 1.54) is 25.0 Å². The van der Waals surface area contributed by atoms with Crippen LogP contribution in [0.5, 0.6) is 0 Å². The molecule has 1 aromatic heterocycles. The molecule has 5 nitrogen and oxygen atoms in total. The van der Waals surface area contributed by atoms with Gasteiger partial charge in [0.2, 0.25) is 5.95 Å². The molecule has 6 heteroatoms. The number of benzene rings is 1. The van der Waals surface area contributed by atoms with E-state index in [1.54, 1.807) is 0 Å². The fourth-order valence-electron chi connectivity index (χ4n) is 3.30. The topological polar surface area (TPSA) is 43.2 Å². The highest BCUT2D eigenvalue weighted by Crippen LogP contribution is 2.40. The van der Waals surface area contributed by atoms with Crippen molar-refractivity contribution < 1.29 is 9.13 Å². The molecule has 0 N–H and O–H groups in total. The Morgan fingerprint density at radius 3 is 2.62 bits per heavy atom. The van der Waals surface area contributed by atoms with Crippen LogP contribution in [0.15, 0.2) is 24.3 Å². The van der Waals surface area contributed by atoms with Gasteiger partial charge in [0.25, 0.3) is 0 Å². The number of hydrogen-bond acceptors (Lipinski definition) is 4. The van der Waals surface area contributed by atoms with Gasteiger partial charge < -0.3 is 9.64 Å². The van der Waals surface area contributed by atoms with Gasteiger partial charge in [-0.15, -0.1) is 10.2 Å². The van der Waals surface area contributed by atoms with Crippen LogP contribution in [0.4, 0.5) is 10.3 Å². The second kappa shape index (κ2) is 5.84. The van der Waals surface area contributed by atoms with Crippen LogP contribution in [0.3, 0.4) is 0 Å². The maximum absolute atomic E-state index is 13.2. The van der Waals surface area contributed by atoms with Gasteiger partial charge in [0.1, 0.15) is 11.6 Å². The average Bonchev–Trinajstić information content (AvgIpc) is 3.30. The molecule has 0 spiro atoms. The molecule has 0 bridgehead atoms. The predicted molar refractivity (Wildman–Crippen MR) is 89.7 cm³/mol. The number of nitrogens with zero attached hydrogens (tertiary/aromatic N) is 4. The molecule has 1 aliphatic heterocycles. The molecule has 2 aromatic rings. The molecule has 1 aliphatic carbocycles. The lowest BCUT2D eigenvalue weighted by Crippen LogP contribution is -2.49. The van der Waals surface area contributed by atoms with Gasteiger partial charge in [-0.1, -0.05) is 12.1 Å². The largest absolute Gasteiger partial charge is 0.372 e. The van der Waals surface area contributed by atoms with E-state index in [4.69, 9.17) is 4.74 Å². The molecule has 1 aromatic carbocycles. The third-order valence-electron chi connectivity index (χ3n) is 4.66. The van der Waals surface area contributed by atoms with Crippen molar-refractivity contribution in [2.75, 3.05) is 24.6 Å². The first kappa shape index (κ1) is 15.6. The Hall–Kier alpha value is -1.95. The molecule has 2 fully saturated rings. The fourth-order valence-corrected chi connectivity index (χ4v) is 3.30. The molecular formula is C18H23FN4O. The molecule has 24 heavy (non-hydrogen) atoms. The Balaban J connectivity index is 1.65. The van der Waals surface area contributed by atoms with Gasteiger partial charge in [-0.25, -0.2) is 4.39 Å². The second-order valence-electron chi connectivity index (χ2n) is 7.37. The van der Waals surface area contributed by atoms with Crippen molar-refractivity contribution in [3.05, 3.63) is 41.5 Å². The van der Waals surface area contributed by atoms with Crippen molar-refractivity contribution in [1.82, 2.24) is 14.8 Å². The predicted octanol–water partition coefficient (Wildman–Crippen LogP) is 2.96. The van der Waals surface area contributed by atoms with Crippen molar-refractivity contribution in [3.63, 3.8) is 0 Å². The van der Waals surface area contributed by atoms with Crippen molar-refractivity contribution in [2.24, 2.45) is 0 Å². The zero-order chi connectivity index (χ0) is 16.7. The molecule has 1 saturated heterocycles. The molecule has 0 atom stereocenters. The standard InChI is InChI=1S/C18H23FN4O/c1-18(2)12-22(9-10-24-18)17-21-20-16(14-5-6-14)23(17)11-13-3-7-15(19)8-4-13/h3-4,7-8,14H,5-6,9-12H2,1-2H3. The first-order valence-electron chi connectivity index (χ1n) is 8.58. The van der Waals surface area contributed by atoms with E-state index in [2.05, 4.69) is 33.5 Å². The summed E-state index contributed by atoms with van der Waals surface area (Å²) >= 11 is 0. The molecular weight excluding hydrogens is 307 g/mol. The van der Waals surface area contributed by atoms with Gasteiger partial charge in [-0.3, -0.25) is 4.57 Å². The average molecular weight is 330 g/mol.